The summed E-state index contributed by atoms with van der Waals surface area (Å²) < 4.78 is 5.43. The molecule has 1 atom stereocenters. The molecule has 20 heavy (non-hydrogen) atoms. The molecule has 0 aromatic carbocycles. The lowest BCUT2D eigenvalue weighted by Crippen LogP contribution is -2.31. The highest BCUT2D eigenvalue weighted by Crippen LogP contribution is 2.28. The average molecular weight is 281 g/mol. The van der Waals surface area contributed by atoms with Crippen molar-refractivity contribution in [2.75, 3.05) is 37.1 Å². The van der Waals surface area contributed by atoms with Crippen LogP contribution in [0.4, 0.5) is 17.3 Å². The molecule has 0 saturated carbocycles. The van der Waals surface area contributed by atoms with Crippen LogP contribution in [0.15, 0.2) is 12.1 Å². The van der Waals surface area contributed by atoms with Gasteiger partial charge in [-0.3, -0.25) is 10.1 Å². The normalized spacial score (nSPS) is 18.6. The van der Waals surface area contributed by atoms with Crippen molar-refractivity contribution < 1.29 is 9.66 Å². The number of nitro groups is 1. The summed E-state index contributed by atoms with van der Waals surface area (Å²) in [4.78, 5) is 16.6. The van der Waals surface area contributed by atoms with Gasteiger partial charge < -0.3 is 15.1 Å². The molecule has 110 valence electrons. The minimum Gasteiger partial charge on any atom is -0.381 e. The summed E-state index contributed by atoms with van der Waals surface area (Å²) in [5.74, 6) is 6.39. The molecule has 0 spiro atoms. The molecule has 8 nitrogen and oxygen atoms in total. The first kappa shape index (κ1) is 14.5. The van der Waals surface area contributed by atoms with Crippen molar-refractivity contribution in [3.63, 3.8) is 0 Å². The van der Waals surface area contributed by atoms with Gasteiger partial charge in [-0.1, -0.05) is 0 Å². The topological polar surface area (TPSA) is 107 Å². The number of aromatic nitrogens is 1. The predicted molar refractivity (Wildman–Crippen MR) is 75.5 cm³/mol. The Kier molecular flexibility index (Phi) is 4.70. The standard InChI is InChI=1S/C12H19N5O3/c1-16(7-9-3-2-6-20-8-9)12-10(17(18)19)4-5-11(14-12)15-13/h4-5,9H,2-3,6-8,13H2,1H3,(H,14,15). The Morgan fingerprint density at radius 2 is 2.45 bits per heavy atom. The van der Waals surface area contributed by atoms with E-state index in [0.29, 0.717) is 30.7 Å². The lowest BCUT2D eigenvalue weighted by Gasteiger charge is -2.27. The predicted octanol–water partition coefficient (Wildman–Crippen LogP) is 1.14. The Hall–Kier alpha value is -1.93. The lowest BCUT2D eigenvalue weighted by molar-refractivity contribution is -0.384. The molecular formula is C12H19N5O3. The van der Waals surface area contributed by atoms with Crippen LogP contribution >= 0.6 is 0 Å². The van der Waals surface area contributed by atoms with E-state index in [1.54, 1.807) is 11.9 Å². The van der Waals surface area contributed by atoms with Crippen LogP contribution in [0.1, 0.15) is 12.8 Å². The first-order chi connectivity index (χ1) is 9.61. The molecule has 1 aromatic rings. The Bertz CT molecular complexity index is 476. The number of pyridine rings is 1. The van der Waals surface area contributed by atoms with Gasteiger partial charge in [0.05, 0.1) is 11.5 Å². The Balaban J connectivity index is 2.17. The summed E-state index contributed by atoms with van der Waals surface area (Å²) in [7, 11) is 1.80. The van der Waals surface area contributed by atoms with Crippen LogP contribution < -0.4 is 16.2 Å². The third-order valence-corrected chi connectivity index (χ3v) is 3.35. The lowest BCUT2D eigenvalue weighted by atomic mass is 10.0. The van der Waals surface area contributed by atoms with Crippen LogP contribution in [-0.4, -0.2) is 36.7 Å². The number of hydrogen-bond acceptors (Lipinski definition) is 7. The van der Waals surface area contributed by atoms with Gasteiger partial charge in [-0.2, -0.15) is 0 Å². The summed E-state index contributed by atoms with van der Waals surface area (Å²) in [5, 5.41) is 11.1. The first-order valence-electron chi connectivity index (χ1n) is 6.52. The SMILES string of the molecule is CN(CC1CCCOC1)c1nc(NN)ccc1[N+](=O)[O-]. The van der Waals surface area contributed by atoms with Crippen molar-refractivity contribution in [3.8, 4) is 0 Å². The van der Waals surface area contributed by atoms with E-state index in [1.807, 2.05) is 0 Å². The van der Waals surface area contributed by atoms with Crippen molar-refractivity contribution in [2.45, 2.75) is 12.8 Å². The highest BCUT2D eigenvalue weighted by atomic mass is 16.6. The van der Waals surface area contributed by atoms with E-state index in [-0.39, 0.29) is 5.69 Å². The fraction of sp³-hybridized carbons (Fsp3) is 0.583. The number of hydrogen-bond donors (Lipinski definition) is 2. The maximum Gasteiger partial charge on any atom is 0.311 e. The van der Waals surface area contributed by atoms with E-state index in [4.69, 9.17) is 10.6 Å². The highest BCUT2D eigenvalue weighted by molar-refractivity contribution is 5.61. The van der Waals surface area contributed by atoms with Gasteiger partial charge >= 0.3 is 5.69 Å². The average Bonchev–Trinajstić information content (AvgIpc) is 2.47. The van der Waals surface area contributed by atoms with Crippen LogP contribution in [0.25, 0.3) is 0 Å². The molecule has 1 unspecified atom stereocenters. The molecule has 0 bridgehead atoms. The second kappa shape index (κ2) is 6.49. The third kappa shape index (κ3) is 3.34. The van der Waals surface area contributed by atoms with E-state index in [0.717, 1.165) is 19.4 Å². The molecule has 1 aliphatic rings. The number of rotatable bonds is 5. The third-order valence-electron chi connectivity index (χ3n) is 3.35. The maximum absolute atomic E-state index is 11.1. The van der Waals surface area contributed by atoms with Gasteiger partial charge in [-0.25, -0.2) is 10.8 Å². The second-order valence-corrected chi connectivity index (χ2v) is 4.90. The van der Waals surface area contributed by atoms with E-state index in [1.165, 1.54) is 12.1 Å². The molecule has 0 radical (unpaired) electrons. The number of nitrogens with one attached hydrogen (secondary N) is 1. The summed E-state index contributed by atoms with van der Waals surface area (Å²) >= 11 is 0. The zero-order chi connectivity index (χ0) is 14.5. The Labute approximate surface area is 117 Å². The van der Waals surface area contributed by atoms with Crippen molar-refractivity contribution >= 4 is 17.3 Å². The molecule has 2 rings (SSSR count). The minimum atomic E-state index is -0.434. The molecule has 0 amide bonds. The van der Waals surface area contributed by atoms with Gasteiger partial charge in [-0.05, 0) is 24.8 Å². The van der Waals surface area contributed by atoms with Gasteiger partial charge in [0, 0.05) is 26.3 Å². The zero-order valence-corrected chi connectivity index (χ0v) is 11.4. The van der Waals surface area contributed by atoms with Crippen LogP contribution in [0.5, 0.6) is 0 Å². The number of nitrogens with zero attached hydrogens (tertiary/aromatic N) is 3. The minimum absolute atomic E-state index is 0.0248. The van der Waals surface area contributed by atoms with E-state index < -0.39 is 4.92 Å². The monoisotopic (exact) mass is 281 g/mol. The van der Waals surface area contributed by atoms with Crippen LogP contribution in [0.2, 0.25) is 0 Å². The van der Waals surface area contributed by atoms with Gasteiger partial charge in [0.25, 0.3) is 0 Å². The van der Waals surface area contributed by atoms with Crippen molar-refractivity contribution in [1.82, 2.24) is 4.98 Å². The van der Waals surface area contributed by atoms with Gasteiger partial charge in [-0.15, -0.1) is 0 Å². The van der Waals surface area contributed by atoms with Crippen LogP contribution in [-0.2, 0) is 4.74 Å². The molecule has 8 heteroatoms. The van der Waals surface area contributed by atoms with Crippen molar-refractivity contribution in [1.29, 1.82) is 0 Å². The molecular weight excluding hydrogens is 262 g/mol. The van der Waals surface area contributed by atoms with Gasteiger partial charge in [0.2, 0.25) is 5.82 Å². The van der Waals surface area contributed by atoms with E-state index in [2.05, 4.69) is 10.4 Å². The Morgan fingerprint density at radius 3 is 3.05 bits per heavy atom. The second-order valence-electron chi connectivity index (χ2n) is 4.90. The quantitative estimate of drug-likeness (QED) is 0.473. The van der Waals surface area contributed by atoms with E-state index in [9.17, 15) is 10.1 Å². The van der Waals surface area contributed by atoms with Crippen LogP contribution in [0, 0.1) is 16.0 Å². The molecule has 2 heterocycles. The summed E-state index contributed by atoms with van der Waals surface area (Å²) in [5.41, 5.74) is 2.38. The molecule has 1 aliphatic heterocycles. The first-order valence-corrected chi connectivity index (χ1v) is 6.52. The summed E-state index contributed by atoms with van der Waals surface area (Å²) in [6.07, 6.45) is 2.09. The molecule has 3 N–H and O–H groups in total. The fourth-order valence-electron chi connectivity index (χ4n) is 2.37. The fourth-order valence-corrected chi connectivity index (χ4v) is 2.37. The van der Waals surface area contributed by atoms with E-state index >= 15 is 0 Å². The zero-order valence-electron chi connectivity index (χ0n) is 11.4. The molecule has 0 aliphatic carbocycles. The number of ether oxygens (including phenoxy) is 1. The maximum atomic E-state index is 11.1. The van der Waals surface area contributed by atoms with Gasteiger partial charge in [0.1, 0.15) is 5.82 Å². The van der Waals surface area contributed by atoms with Crippen molar-refractivity contribution in [2.24, 2.45) is 11.8 Å². The summed E-state index contributed by atoms with van der Waals surface area (Å²) in [6, 6.07) is 2.89. The smallest absolute Gasteiger partial charge is 0.311 e. The van der Waals surface area contributed by atoms with Gasteiger partial charge in [0.15, 0.2) is 0 Å². The highest BCUT2D eigenvalue weighted by Gasteiger charge is 2.23. The van der Waals surface area contributed by atoms with Crippen molar-refractivity contribution in [3.05, 3.63) is 22.2 Å². The Morgan fingerprint density at radius 1 is 1.65 bits per heavy atom. The number of nitrogen functional groups attached to an aromatic ring is 1. The number of anilines is 2. The largest absolute Gasteiger partial charge is 0.381 e. The number of hydrazine groups is 1. The molecule has 1 fully saturated rings. The molecule has 1 saturated heterocycles. The molecule has 1 aromatic heterocycles. The number of nitrogens with two attached hydrogens (primary N) is 1. The summed E-state index contributed by atoms with van der Waals surface area (Å²) in [6.45, 7) is 2.15. The van der Waals surface area contributed by atoms with Crippen LogP contribution in [0.3, 0.4) is 0 Å².